The van der Waals surface area contributed by atoms with Gasteiger partial charge in [0.2, 0.25) is 6.29 Å². The average Bonchev–Trinajstić information content (AvgIpc) is 2.53. The van der Waals surface area contributed by atoms with E-state index in [1.807, 2.05) is 6.29 Å². The van der Waals surface area contributed by atoms with Crippen LogP contribution >= 0.6 is 0 Å². The van der Waals surface area contributed by atoms with E-state index in [0.717, 1.165) is 12.8 Å². The Kier molecular flexibility index (Phi) is 9.43. The van der Waals surface area contributed by atoms with Crippen LogP contribution in [0.3, 0.4) is 0 Å². The maximum absolute atomic E-state index is 12.1. The van der Waals surface area contributed by atoms with Gasteiger partial charge >= 0.3 is 0 Å². The lowest BCUT2D eigenvalue weighted by atomic mass is 9.99. The van der Waals surface area contributed by atoms with Crippen molar-refractivity contribution in [1.82, 2.24) is 0 Å². The zero-order valence-electron chi connectivity index (χ0n) is 13.2. The average molecular weight is 287 g/mol. The van der Waals surface area contributed by atoms with Gasteiger partial charge in [0.05, 0.1) is 0 Å². The van der Waals surface area contributed by atoms with E-state index in [-0.39, 0.29) is 5.78 Å². The summed E-state index contributed by atoms with van der Waals surface area (Å²) in [5, 5.41) is 0. The van der Waals surface area contributed by atoms with Crippen molar-refractivity contribution in [3.8, 4) is 0 Å². The van der Waals surface area contributed by atoms with Crippen molar-refractivity contribution in [2.75, 3.05) is 0 Å². The molecule has 1 radical (unpaired) electrons. The van der Waals surface area contributed by atoms with Crippen molar-refractivity contribution >= 4 is 12.1 Å². The van der Waals surface area contributed by atoms with Gasteiger partial charge in [-0.2, -0.15) is 0 Å². The minimum absolute atomic E-state index is 0.0666. The van der Waals surface area contributed by atoms with E-state index in [0.29, 0.717) is 17.5 Å². The van der Waals surface area contributed by atoms with Crippen LogP contribution in [0.5, 0.6) is 0 Å². The molecule has 2 nitrogen and oxygen atoms in total. The third-order valence-electron chi connectivity index (χ3n) is 3.84. The summed E-state index contributed by atoms with van der Waals surface area (Å²) in [7, 11) is 0. The molecule has 1 aromatic rings. The van der Waals surface area contributed by atoms with Gasteiger partial charge in [-0.25, -0.2) is 0 Å². The van der Waals surface area contributed by atoms with Crippen LogP contribution in [-0.4, -0.2) is 12.1 Å². The molecular weight excluding hydrogens is 260 g/mol. The number of unbranched alkanes of at least 4 members (excludes halogenated alkanes) is 8. The van der Waals surface area contributed by atoms with E-state index in [1.54, 1.807) is 24.3 Å². The summed E-state index contributed by atoms with van der Waals surface area (Å²) in [5.41, 5.74) is 0.908. The monoisotopic (exact) mass is 287 g/mol. The van der Waals surface area contributed by atoms with Crippen molar-refractivity contribution in [1.29, 1.82) is 0 Å². The standard InChI is InChI=1S/C19H27O2/c1-2-3-4-5-6-7-8-9-10-15-19(21)18-14-12-11-13-17(18)16-20/h11-14H,2-10,15H2,1H3. The lowest BCUT2D eigenvalue weighted by Crippen LogP contribution is -2.03. The first kappa shape index (κ1) is 17.6. The fourth-order valence-electron chi connectivity index (χ4n) is 2.55. The second-order valence-corrected chi connectivity index (χ2v) is 5.65. The van der Waals surface area contributed by atoms with Gasteiger partial charge in [-0.3, -0.25) is 9.59 Å². The van der Waals surface area contributed by atoms with E-state index in [9.17, 15) is 9.59 Å². The zero-order valence-corrected chi connectivity index (χ0v) is 13.2. The Hall–Kier alpha value is -1.44. The predicted molar refractivity (Wildman–Crippen MR) is 87.4 cm³/mol. The summed E-state index contributed by atoms with van der Waals surface area (Å²) < 4.78 is 0. The van der Waals surface area contributed by atoms with Crippen LogP contribution in [-0.2, 0) is 4.79 Å². The SMILES string of the molecule is CCCCCCCCCCCC(=O)c1ccccc1[C]=O. The largest absolute Gasteiger partial charge is 0.294 e. The maximum atomic E-state index is 12.1. The molecule has 0 heterocycles. The van der Waals surface area contributed by atoms with Gasteiger partial charge < -0.3 is 0 Å². The number of rotatable bonds is 12. The number of hydrogen-bond acceptors (Lipinski definition) is 2. The van der Waals surface area contributed by atoms with Crippen LogP contribution in [0, 0.1) is 0 Å². The van der Waals surface area contributed by atoms with E-state index < -0.39 is 0 Å². The van der Waals surface area contributed by atoms with Gasteiger partial charge in [0.25, 0.3) is 0 Å². The number of ketones is 1. The summed E-state index contributed by atoms with van der Waals surface area (Å²) in [5.74, 6) is 0.0666. The van der Waals surface area contributed by atoms with Crippen LogP contribution in [0.15, 0.2) is 24.3 Å². The van der Waals surface area contributed by atoms with Crippen molar-refractivity contribution in [3.05, 3.63) is 35.4 Å². The molecule has 0 atom stereocenters. The highest BCUT2D eigenvalue weighted by Gasteiger charge is 2.10. The first-order chi connectivity index (χ1) is 10.3. The molecule has 0 fully saturated rings. The highest BCUT2D eigenvalue weighted by Crippen LogP contribution is 2.14. The third-order valence-corrected chi connectivity index (χ3v) is 3.84. The number of hydrogen-bond donors (Lipinski definition) is 0. The lowest BCUT2D eigenvalue weighted by Gasteiger charge is -2.04. The molecule has 0 saturated carbocycles. The van der Waals surface area contributed by atoms with Gasteiger partial charge in [-0.05, 0) is 6.42 Å². The number of Topliss-reactive ketones (excluding diaryl/α,β-unsaturated/α-hetero) is 1. The zero-order chi connectivity index (χ0) is 15.3. The van der Waals surface area contributed by atoms with E-state index in [2.05, 4.69) is 6.92 Å². The van der Waals surface area contributed by atoms with Gasteiger partial charge in [0.15, 0.2) is 5.78 Å². The smallest absolute Gasteiger partial charge is 0.234 e. The Labute approximate surface area is 128 Å². The summed E-state index contributed by atoms with van der Waals surface area (Å²) in [6.45, 7) is 2.23. The number of benzene rings is 1. The summed E-state index contributed by atoms with van der Waals surface area (Å²) in [6, 6.07) is 6.92. The molecule has 0 saturated heterocycles. The topological polar surface area (TPSA) is 34.1 Å². The molecule has 0 N–H and O–H groups in total. The van der Waals surface area contributed by atoms with Crippen LogP contribution < -0.4 is 0 Å². The van der Waals surface area contributed by atoms with Crippen LogP contribution in [0.25, 0.3) is 0 Å². The second kappa shape index (κ2) is 11.2. The molecule has 0 aliphatic rings. The van der Waals surface area contributed by atoms with Gasteiger partial charge in [0, 0.05) is 17.5 Å². The van der Waals surface area contributed by atoms with Gasteiger partial charge in [-0.1, -0.05) is 82.6 Å². The Bertz CT molecular complexity index is 423. The quantitative estimate of drug-likeness (QED) is 0.389. The molecule has 1 rings (SSSR count). The molecule has 0 aliphatic heterocycles. The second-order valence-electron chi connectivity index (χ2n) is 5.65. The minimum atomic E-state index is 0.0666. The molecule has 0 amide bonds. The molecular formula is C19H27O2. The predicted octanol–water partition coefficient (Wildman–Crippen LogP) is 5.25. The Morgan fingerprint density at radius 1 is 0.905 bits per heavy atom. The van der Waals surface area contributed by atoms with Gasteiger partial charge in [0.1, 0.15) is 0 Å². The fraction of sp³-hybridized carbons (Fsp3) is 0.579. The lowest BCUT2D eigenvalue weighted by molar-refractivity contribution is 0.0979. The molecule has 1 aromatic carbocycles. The van der Waals surface area contributed by atoms with Crippen molar-refractivity contribution in [3.63, 3.8) is 0 Å². The van der Waals surface area contributed by atoms with E-state index in [4.69, 9.17) is 0 Å². The molecule has 0 unspecified atom stereocenters. The normalized spacial score (nSPS) is 10.5. The molecule has 0 bridgehead atoms. The summed E-state index contributed by atoms with van der Waals surface area (Å²) in [6.07, 6.45) is 13.5. The molecule has 0 aliphatic carbocycles. The Balaban J connectivity index is 2.12. The highest BCUT2D eigenvalue weighted by atomic mass is 16.1. The van der Waals surface area contributed by atoms with E-state index >= 15 is 0 Å². The first-order valence-corrected chi connectivity index (χ1v) is 8.30. The summed E-state index contributed by atoms with van der Waals surface area (Å²) in [4.78, 5) is 22.8. The van der Waals surface area contributed by atoms with Crippen LogP contribution in [0.1, 0.15) is 87.1 Å². The van der Waals surface area contributed by atoms with Crippen LogP contribution in [0.2, 0.25) is 0 Å². The molecule has 21 heavy (non-hydrogen) atoms. The van der Waals surface area contributed by atoms with E-state index in [1.165, 1.54) is 44.9 Å². The molecule has 2 heteroatoms. The van der Waals surface area contributed by atoms with Crippen LogP contribution in [0.4, 0.5) is 0 Å². The highest BCUT2D eigenvalue weighted by molar-refractivity contribution is 6.02. The Morgan fingerprint density at radius 2 is 1.48 bits per heavy atom. The third kappa shape index (κ3) is 7.22. The summed E-state index contributed by atoms with van der Waals surface area (Å²) >= 11 is 0. The first-order valence-electron chi connectivity index (χ1n) is 8.30. The van der Waals surface area contributed by atoms with Gasteiger partial charge in [-0.15, -0.1) is 0 Å². The van der Waals surface area contributed by atoms with Crippen molar-refractivity contribution in [2.45, 2.75) is 71.1 Å². The number of carbonyl (C=O) groups is 1. The van der Waals surface area contributed by atoms with Crippen molar-refractivity contribution in [2.24, 2.45) is 0 Å². The molecule has 0 spiro atoms. The fourth-order valence-corrected chi connectivity index (χ4v) is 2.55. The molecule has 0 aromatic heterocycles. The minimum Gasteiger partial charge on any atom is -0.294 e. The Morgan fingerprint density at radius 3 is 2.10 bits per heavy atom. The maximum Gasteiger partial charge on any atom is 0.234 e. The molecule has 115 valence electrons. The number of carbonyl (C=O) groups excluding carboxylic acids is 2. The van der Waals surface area contributed by atoms with Crippen molar-refractivity contribution < 1.29 is 9.59 Å².